The molecule has 29 heavy (non-hydrogen) atoms. The first-order valence-corrected chi connectivity index (χ1v) is 9.94. The lowest BCUT2D eigenvalue weighted by atomic mass is 9.74. The first kappa shape index (κ1) is 19.1. The van der Waals surface area contributed by atoms with Gasteiger partial charge in [-0.3, -0.25) is 9.89 Å². The highest BCUT2D eigenvalue weighted by Gasteiger charge is 2.42. The lowest BCUT2D eigenvalue weighted by molar-refractivity contribution is -0.146. The Morgan fingerprint density at radius 2 is 1.86 bits per heavy atom. The van der Waals surface area contributed by atoms with E-state index in [-0.39, 0.29) is 11.9 Å². The Morgan fingerprint density at radius 3 is 2.59 bits per heavy atom. The van der Waals surface area contributed by atoms with Crippen molar-refractivity contribution in [1.82, 2.24) is 10.2 Å². The molecule has 5 nitrogen and oxygen atoms in total. The monoisotopic (exact) mass is 387 g/mol. The lowest BCUT2D eigenvalue weighted by Gasteiger charge is -2.31. The molecule has 2 heterocycles. The van der Waals surface area contributed by atoms with Crippen LogP contribution >= 0.6 is 0 Å². The molecule has 1 aromatic heterocycles. The van der Waals surface area contributed by atoms with Crippen LogP contribution in [0.25, 0.3) is 11.3 Å². The molecular formula is C24H25N3O2. The molecule has 0 radical (unpaired) electrons. The van der Waals surface area contributed by atoms with Crippen LogP contribution < -0.4 is 0 Å². The maximum Gasteiger partial charge on any atom is 0.315 e. The van der Waals surface area contributed by atoms with Gasteiger partial charge in [-0.05, 0) is 44.4 Å². The van der Waals surface area contributed by atoms with Crippen molar-refractivity contribution >= 4 is 17.5 Å². The van der Waals surface area contributed by atoms with Crippen molar-refractivity contribution in [3.8, 4) is 11.3 Å². The van der Waals surface area contributed by atoms with Crippen LogP contribution in [0.15, 0.2) is 53.5 Å². The van der Waals surface area contributed by atoms with Gasteiger partial charge in [0.25, 0.3) is 0 Å². The number of aliphatic imine (C=N–C) groups is 1. The summed E-state index contributed by atoms with van der Waals surface area (Å²) in [4.78, 5) is 17.7. The molecule has 2 atom stereocenters. The zero-order chi connectivity index (χ0) is 20.5. The van der Waals surface area contributed by atoms with Crippen molar-refractivity contribution < 1.29 is 9.53 Å². The van der Waals surface area contributed by atoms with Gasteiger partial charge in [-0.1, -0.05) is 54.1 Å². The minimum absolute atomic E-state index is 0.213. The fourth-order valence-electron chi connectivity index (χ4n) is 4.16. The molecule has 148 valence electrons. The number of aromatic amines is 1. The van der Waals surface area contributed by atoms with Crippen LogP contribution in [-0.4, -0.2) is 28.5 Å². The number of nitrogens with zero attached hydrogens (tertiary/aromatic N) is 2. The van der Waals surface area contributed by atoms with E-state index < -0.39 is 5.92 Å². The van der Waals surface area contributed by atoms with Gasteiger partial charge < -0.3 is 4.74 Å². The average molecular weight is 387 g/mol. The van der Waals surface area contributed by atoms with E-state index in [1.807, 2.05) is 44.2 Å². The quantitative estimate of drug-likeness (QED) is 0.633. The summed E-state index contributed by atoms with van der Waals surface area (Å²) in [6, 6.07) is 16.4. The van der Waals surface area contributed by atoms with Gasteiger partial charge in [-0.25, -0.2) is 4.99 Å². The standard InChI is InChI=1S/C24H25N3O2/c1-5-29-24(28)19-16(4)25-23-21(20(19)18-13-14(2)11-12-15(18)3)22(26-27-23)17-9-7-6-8-10-17/h6-13,19-20H,5H2,1-4H3,(H,26,27). The summed E-state index contributed by atoms with van der Waals surface area (Å²) >= 11 is 0. The lowest BCUT2D eigenvalue weighted by Crippen LogP contribution is -2.33. The van der Waals surface area contributed by atoms with Crippen LogP contribution in [-0.2, 0) is 9.53 Å². The van der Waals surface area contributed by atoms with Gasteiger partial charge in [0.15, 0.2) is 5.82 Å². The first-order chi connectivity index (χ1) is 14.0. The third-order valence-electron chi connectivity index (χ3n) is 5.53. The van der Waals surface area contributed by atoms with Gasteiger partial charge in [0.2, 0.25) is 0 Å². The summed E-state index contributed by atoms with van der Waals surface area (Å²) in [6.45, 7) is 8.21. The molecule has 0 aliphatic carbocycles. The van der Waals surface area contributed by atoms with Crippen LogP contribution in [0.4, 0.5) is 5.82 Å². The molecule has 1 aliphatic heterocycles. The second-order valence-corrected chi connectivity index (χ2v) is 7.52. The molecule has 1 aliphatic rings. The van der Waals surface area contributed by atoms with Crippen molar-refractivity contribution in [3.63, 3.8) is 0 Å². The molecule has 0 amide bonds. The van der Waals surface area contributed by atoms with Crippen LogP contribution in [0.5, 0.6) is 0 Å². The number of carbonyl (C=O) groups is 1. The normalized spacial score (nSPS) is 18.1. The summed E-state index contributed by atoms with van der Waals surface area (Å²) in [6.07, 6.45) is 0. The molecule has 1 N–H and O–H groups in total. The predicted molar refractivity (Wildman–Crippen MR) is 115 cm³/mol. The number of ether oxygens (including phenoxy) is 1. The van der Waals surface area contributed by atoms with Crippen LogP contribution in [0.1, 0.15) is 42.0 Å². The summed E-state index contributed by atoms with van der Waals surface area (Å²) in [5.74, 6) is -0.295. The van der Waals surface area contributed by atoms with Crippen LogP contribution in [0, 0.1) is 19.8 Å². The fourth-order valence-corrected chi connectivity index (χ4v) is 4.16. The van der Waals surface area contributed by atoms with E-state index in [0.29, 0.717) is 12.4 Å². The number of hydrogen-bond acceptors (Lipinski definition) is 4. The summed E-state index contributed by atoms with van der Waals surface area (Å²) in [5.41, 5.74) is 7.00. The Morgan fingerprint density at radius 1 is 1.10 bits per heavy atom. The molecule has 0 saturated carbocycles. The zero-order valence-corrected chi connectivity index (χ0v) is 17.2. The molecule has 2 unspecified atom stereocenters. The van der Waals surface area contributed by atoms with E-state index in [9.17, 15) is 4.79 Å². The fraction of sp³-hybridized carbons (Fsp3) is 0.292. The average Bonchev–Trinajstić information content (AvgIpc) is 3.13. The highest BCUT2D eigenvalue weighted by molar-refractivity contribution is 6.05. The number of benzene rings is 2. The smallest absolute Gasteiger partial charge is 0.315 e. The number of H-pyrrole nitrogens is 1. The maximum absolute atomic E-state index is 13.0. The number of aromatic nitrogens is 2. The number of rotatable bonds is 4. The number of nitrogens with one attached hydrogen (secondary N) is 1. The molecule has 0 saturated heterocycles. The van der Waals surface area contributed by atoms with Crippen molar-refractivity contribution in [2.24, 2.45) is 10.9 Å². The van der Waals surface area contributed by atoms with Crippen molar-refractivity contribution in [2.75, 3.05) is 6.61 Å². The second-order valence-electron chi connectivity index (χ2n) is 7.52. The molecule has 5 heteroatoms. The van der Waals surface area contributed by atoms with Crippen molar-refractivity contribution in [3.05, 3.63) is 70.8 Å². The SMILES string of the molecule is CCOC(=O)C1C(C)=Nc2n[nH]c(-c3ccccc3)c2C1c1cc(C)ccc1C. The minimum Gasteiger partial charge on any atom is -0.465 e. The molecule has 4 rings (SSSR count). The Balaban J connectivity index is 1.98. The van der Waals surface area contributed by atoms with Gasteiger partial charge in [-0.2, -0.15) is 5.10 Å². The molecule has 0 bridgehead atoms. The third-order valence-corrected chi connectivity index (χ3v) is 5.53. The number of hydrogen-bond donors (Lipinski definition) is 1. The maximum atomic E-state index is 13.0. The molecule has 3 aromatic rings. The zero-order valence-electron chi connectivity index (χ0n) is 17.2. The van der Waals surface area contributed by atoms with Gasteiger partial charge in [-0.15, -0.1) is 0 Å². The summed E-state index contributed by atoms with van der Waals surface area (Å²) in [5, 5.41) is 7.66. The summed E-state index contributed by atoms with van der Waals surface area (Å²) < 4.78 is 5.46. The Labute approximate surface area is 170 Å². The minimum atomic E-state index is -0.483. The number of esters is 1. The molecular weight excluding hydrogens is 362 g/mol. The van der Waals surface area contributed by atoms with E-state index in [4.69, 9.17) is 4.74 Å². The predicted octanol–water partition coefficient (Wildman–Crippen LogP) is 5.11. The third kappa shape index (κ3) is 3.37. The van der Waals surface area contributed by atoms with Crippen molar-refractivity contribution in [2.45, 2.75) is 33.6 Å². The van der Waals surface area contributed by atoms with Gasteiger partial charge in [0.05, 0.1) is 12.3 Å². The van der Waals surface area contributed by atoms with Crippen LogP contribution in [0.3, 0.4) is 0 Å². The topological polar surface area (TPSA) is 67.3 Å². The van der Waals surface area contributed by atoms with E-state index in [2.05, 4.69) is 47.2 Å². The number of carbonyl (C=O) groups excluding carboxylic acids is 1. The van der Waals surface area contributed by atoms with Gasteiger partial charge in [0.1, 0.15) is 5.92 Å². The van der Waals surface area contributed by atoms with Gasteiger partial charge in [0, 0.05) is 17.2 Å². The Hall–Kier alpha value is -3.21. The highest BCUT2D eigenvalue weighted by atomic mass is 16.5. The first-order valence-electron chi connectivity index (χ1n) is 9.94. The largest absolute Gasteiger partial charge is 0.465 e. The van der Waals surface area contributed by atoms with Gasteiger partial charge >= 0.3 is 5.97 Å². The van der Waals surface area contributed by atoms with Crippen molar-refractivity contribution in [1.29, 1.82) is 0 Å². The molecule has 2 aromatic carbocycles. The van der Waals surface area contributed by atoms with E-state index in [1.165, 1.54) is 0 Å². The van der Waals surface area contributed by atoms with E-state index in [0.717, 1.165) is 39.2 Å². The van der Waals surface area contributed by atoms with E-state index >= 15 is 0 Å². The highest BCUT2D eigenvalue weighted by Crippen LogP contribution is 2.47. The molecule has 0 spiro atoms. The van der Waals surface area contributed by atoms with E-state index in [1.54, 1.807) is 0 Å². The Kier molecular flexibility index (Phi) is 5.05. The second kappa shape index (κ2) is 7.66. The number of fused-ring (bicyclic) bond motifs is 1. The van der Waals surface area contributed by atoms with Crippen LogP contribution in [0.2, 0.25) is 0 Å². The number of aryl methyl sites for hydroxylation is 2. The molecule has 0 fully saturated rings. The summed E-state index contributed by atoms with van der Waals surface area (Å²) in [7, 11) is 0. The Bertz CT molecular complexity index is 1080.